The van der Waals surface area contributed by atoms with E-state index >= 15 is 0 Å². The third kappa shape index (κ3) is 6.43. The van der Waals surface area contributed by atoms with Crippen LogP contribution in [0.5, 0.6) is 0 Å². The molecule has 7 aromatic rings. The van der Waals surface area contributed by atoms with Crippen molar-refractivity contribution in [1.29, 1.82) is 0 Å². The minimum atomic E-state index is -0.933. The first kappa shape index (κ1) is 30.8. The maximum Gasteiger partial charge on any atom is 0.175 e. The van der Waals surface area contributed by atoms with Gasteiger partial charge in [0.1, 0.15) is 0 Å². The third-order valence-corrected chi connectivity index (χ3v) is 11.1. The van der Waals surface area contributed by atoms with E-state index in [2.05, 4.69) is 148 Å². The van der Waals surface area contributed by atoms with Crippen molar-refractivity contribution >= 4 is 74.1 Å². The minimum Gasteiger partial charge on any atom is -0.332 e. The quantitative estimate of drug-likeness (QED) is 0.139. The molecule has 2 nitrogen and oxygen atoms in total. The average Bonchev–Trinajstić information content (AvgIpc) is 3.04. The Kier molecular flexibility index (Phi) is 8.60. The number of aryl methyl sites for hydroxylation is 4. The molecule has 0 unspecified atom stereocenters. The maximum atomic E-state index is 5.92. The molecule has 0 aliphatic rings. The first-order valence-corrected chi connectivity index (χ1v) is 17.7. The second kappa shape index (κ2) is 13.1. The lowest BCUT2D eigenvalue weighted by molar-refractivity contribution is 1.40. The molecule has 7 rings (SSSR count). The highest BCUT2D eigenvalue weighted by Gasteiger charge is 2.26. The van der Waals surface area contributed by atoms with Gasteiger partial charge < -0.3 is 10.6 Å². The zero-order valence-corrected chi connectivity index (χ0v) is 28.8. The van der Waals surface area contributed by atoms with Gasteiger partial charge in [0.25, 0.3) is 0 Å². The van der Waals surface area contributed by atoms with Gasteiger partial charge in [-0.1, -0.05) is 144 Å². The fraction of sp³-hybridized carbons (Fsp3) is 0.0930. The van der Waals surface area contributed by atoms with Crippen molar-refractivity contribution in [3.8, 4) is 11.1 Å². The molecule has 0 aliphatic carbocycles. The normalized spacial score (nSPS) is 11.3. The molecule has 0 fully saturated rings. The number of para-hydroxylation sites is 1. The van der Waals surface area contributed by atoms with E-state index in [1.165, 1.54) is 65.3 Å². The number of benzene rings is 7. The topological polar surface area (TPSA) is 24.1 Å². The van der Waals surface area contributed by atoms with Crippen LogP contribution in [0.25, 0.3) is 32.7 Å². The minimum absolute atomic E-state index is 0.556. The Bertz CT molecular complexity index is 2180. The molecule has 0 spiro atoms. The van der Waals surface area contributed by atoms with Crippen LogP contribution in [0, 0.1) is 27.7 Å². The van der Waals surface area contributed by atoms with Gasteiger partial charge in [0.2, 0.25) is 0 Å². The zero-order valence-electron chi connectivity index (χ0n) is 27.1. The van der Waals surface area contributed by atoms with Crippen molar-refractivity contribution in [3.05, 3.63) is 162 Å². The second-order valence-corrected chi connectivity index (χ2v) is 15.0. The van der Waals surface area contributed by atoms with Gasteiger partial charge in [0.15, 0.2) is 5.11 Å². The highest BCUT2D eigenvalue weighted by Crippen LogP contribution is 2.45. The second-order valence-electron chi connectivity index (χ2n) is 12.4. The molecule has 4 heteroatoms. The predicted molar refractivity (Wildman–Crippen MR) is 211 cm³/mol. The maximum absolute atomic E-state index is 5.92. The van der Waals surface area contributed by atoms with E-state index in [1.807, 2.05) is 30.3 Å². The Morgan fingerprint density at radius 1 is 0.489 bits per heavy atom. The van der Waals surface area contributed by atoms with E-state index in [9.17, 15) is 0 Å². The van der Waals surface area contributed by atoms with Crippen molar-refractivity contribution in [2.24, 2.45) is 0 Å². The molecule has 47 heavy (non-hydrogen) atoms. The summed E-state index contributed by atoms with van der Waals surface area (Å²) in [4.78, 5) is 0. The van der Waals surface area contributed by atoms with Gasteiger partial charge in [0, 0.05) is 22.5 Å². The molecule has 0 saturated heterocycles. The summed E-state index contributed by atoms with van der Waals surface area (Å²) in [5.41, 5.74) is 9.46. The molecule has 230 valence electrons. The molecule has 0 heterocycles. The number of anilines is 2. The first-order chi connectivity index (χ1) is 22.8. The standard InChI is InChI=1S/C43H37N2PS/c1-28-22-29(2)25-35(24-28)46(36-26-30(3)23-31(4)27-36)40-21-19-33-13-9-11-17-38(33)42(40)41-37-16-10-8-12-32(37)18-20-39(41)45-43(47)44-34-14-6-5-7-15-34/h5-27H,1-4H3,(H2,44,45,47). The Balaban J connectivity index is 1.54. The predicted octanol–water partition coefficient (Wildman–Crippen LogP) is 10.5. The number of nitrogens with one attached hydrogen (secondary N) is 2. The van der Waals surface area contributed by atoms with E-state index in [4.69, 9.17) is 12.2 Å². The van der Waals surface area contributed by atoms with Crippen LogP contribution in [0.15, 0.2) is 140 Å². The molecule has 0 radical (unpaired) electrons. The summed E-state index contributed by atoms with van der Waals surface area (Å²) in [6.45, 7) is 8.83. The number of fused-ring (bicyclic) bond motifs is 2. The molecular formula is C43H37N2PS. The number of rotatable bonds is 6. The molecular weight excluding hydrogens is 608 g/mol. The van der Waals surface area contributed by atoms with E-state index < -0.39 is 7.92 Å². The summed E-state index contributed by atoms with van der Waals surface area (Å²) in [7, 11) is -0.933. The molecule has 7 aromatic carbocycles. The molecule has 0 amide bonds. The van der Waals surface area contributed by atoms with Gasteiger partial charge in [-0.05, 0) is 103 Å². The van der Waals surface area contributed by atoms with Crippen LogP contribution in [0.4, 0.5) is 11.4 Å². The van der Waals surface area contributed by atoms with Gasteiger partial charge in [-0.15, -0.1) is 0 Å². The van der Waals surface area contributed by atoms with Crippen LogP contribution in [0.2, 0.25) is 0 Å². The summed E-state index contributed by atoms with van der Waals surface area (Å²) < 4.78 is 0. The molecule has 0 saturated carbocycles. The fourth-order valence-electron chi connectivity index (χ4n) is 6.75. The Morgan fingerprint density at radius 3 is 1.55 bits per heavy atom. The number of hydrogen-bond donors (Lipinski definition) is 2. The van der Waals surface area contributed by atoms with Crippen LogP contribution in [0.3, 0.4) is 0 Å². The molecule has 0 aliphatic heterocycles. The number of thiocarbonyl (C=S) groups is 1. The molecule has 0 bridgehead atoms. The van der Waals surface area contributed by atoms with Gasteiger partial charge >= 0.3 is 0 Å². The lowest BCUT2D eigenvalue weighted by Crippen LogP contribution is -2.24. The van der Waals surface area contributed by atoms with Crippen LogP contribution in [0.1, 0.15) is 22.3 Å². The Labute approximate surface area is 284 Å². The summed E-state index contributed by atoms with van der Waals surface area (Å²) in [5, 5.41) is 16.4. The lowest BCUT2D eigenvalue weighted by Gasteiger charge is -2.27. The summed E-state index contributed by atoms with van der Waals surface area (Å²) in [6.07, 6.45) is 0. The van der Waals surface area contributed by atoms with E-state index in [0.717, 1.165) is 16.9 Å². The fourth-order valence-corrected chi connectivity index (χ4v) is 9.84. The van der Waals surface area contributed by atoms with E-state index in [1.54, 1.807) is 0 Å². The Morgan fingerprint density at radius 2 is 0.979 bits per heavy atom. The highest BCUT2D eigenvalue weighted by atomic mass is 32.1. The Hall–Kier alpha value is -4.82. The van der Waals surface area contributed by atoms with Gasteiger partial charge in [-0.2, -0.15) is 0 Å². The van der Waals surface area contributed by atoms with Crippen LogP contribution >= 0.6 is 20.1 Å². The van der Waals surface area contributed by atoms with Crippen molar-refractivity contribution in [3.63, 3.8) is 0 Å². The lowest BCUT2D eigenvalue weighted by atomic mass is 9.92. The highest BCUT2D eigenvalue weighted by molar-refractivity contribution is 7.81. The summed E-state index contributed by atoms with van der Waals surface area (Å²) in [5.74, 6) is 0. The van der Waals surface area contributed by atoms with Crippen LogP contribution < -0.4 is 26.5 Å². The smallest absolute Gasteiger partial charge is 0.175 e. The zero-order chi connectivity index (χ0) is 32.5. The monoisotopic (exact) mass is 644 g/mol. The third-order valence-electron chi connectivity index (χ3n) is 8.54. The molecule has 2 N–H and O–H groups in total. The van der Waals surface area contributed by atoms with Gasteiger partial charge in [0.05, 0.1) is 0 Å². The summed E-state index contributed by atoms with van der Waals surface area (Å²) in [6, 6.07) is 50.7. The first-order valence-electron chi connectivity index (χ1n) is 16.0. The van der Waals surface area contributed by atoms with Crippen molar-refractivity contribution in [2.45, 2.75) is 27.7 Å². The largest absolute Gasteiger partial charge is 0.332 e. The van der Waals surface area contributed by atoms with Crippen molar-refractivity contribution < 1.29 is 0 Å². The van der Waals surface area contributed by atoms with Gasteiger partial charge in [-0.25, -0.2) is 0 Å². The van der Waals surface area contributed by atoms with E-state index in [-0.39, 0.29) is 0 Å². The van der Waals surface area contributed by atoms with Gasteiger partial charge in [-0.3, -0.25) is 0 Å². The van der Waals surface area contributed by atoms with Crippen molar-refractivity contribution in [2.75, 3.05) is 10.6 Å². The molecule has 0 aromatic heterocycles. The number of hydrogen-bond acceptors (Lipinski definition) is 1. The van der Waals surface area contributed by atoms with Crippen LogP contribution in [-0.2, 0) is 0 Å². The summed E-state index contributed by atoms with van der Waals surface area (Å²) >= 11 is 5.92. The van der Waals surface area contributed by atoms with Crippen molar-refractivity contribution in [1.82, 2.24) is 0 Å². The SMILES string of the molecule is Cc1cc(C)cc(P(c2cc(C)cc(C)c2)c2ccc3ccccc3c2-c2c(NC(=S)Nc3ccccc3)ccc3ccccc23)c1. The van der Waals surface area contributed by atoms with E-state index in [0.29, 0.717) is 5.11 Å². The van der Waals surface area contributed by atoms with Crippen LogP contribution in [-0.4, -0.2) is 5.11 Å². The average molecular weight is 645 g/mol. The molecule has 0 atom stereocenters.